The van der Waals surface area contributed by atoms with Crippen LogP contribution in [0.1, 0.15) is 53.3 Å². The van der Waals surface area contributed by atoms with Gasteiger partial charge in [0.05, 0.1) is 11.3 Å². The van der Waals surface area contributed by atoms with Crippen LogP contribution >= 0.6 is 0 Å². The number of aromatic nitrogens is 2. The minimum absolute atomic E-state index is 0.0358. The first-order valence-corrected chi connectivity index (χ1v) is 10.2. The summed E-state index contributed by atoms with van der Waals surface area (Å²) in [5.74, 6) is 0.372. The van der Waals surface area contributed by atoms with Gasteiger partial charge in [-0.25, -0.2) is 0 Å². The van der Waals surface area contributed by atoms with E-state index in [1.807, 2.05) is 30.5 Å². The van der Waals surface area contributed by atoms with Crippen molar-refractivity contribution < 1.29 is 9.53 Å². The number of carbonyl (C=O) groups excluding carboxylic acids is 1. The predicted molar refractivity (Wildman–Crippen MR) is 107 cm³/mol. The zero-order valence-electron chi connectivity index (χ0n) is 16.2. The molecule has 4 heterocycles. The monoisotopic (exact) mass is 380 g/mol. The summed E-state index contributed by atoms with van der Waals surface area (Å²) in [6.07, 6.45) is 7.63. The third-order valence-electron chi connectivity index (χ3n) is 5.64. The first-order chi connectivity index (χ1) is 13.8. The van der Waals surface area contributed by atoms with Crippen molar-refractivity contribution in [1.82, 2.24) is 20.2 Å². The van der Waals surface area contributed by atoms with Crippen LogP contribution in [0.2, 0.25) is 0 Å². The molecule has 2 saturated heterocycles. The molecule has 6 nitrogen and oxygen atoms in total. The molecule has 0 radical (unpaired) electrons. The van der Waals surface area contributed by atoms with E-state index < -0.39 is 0 Å². The maximum atomic E-state index is 12.4. The van der Waals surface area contributed by atoms with E-state index in [1.165, 1.54) is 0 Å². The molecular formula is C22H28N4O2. The lowest BCUT2D eigenvalue weighted by Gasteiger charge is -2.32. The number of hydrogen-bond donors (Lipinski definition) is 1. The molecule has 2 aliphatic heterocycles. The fourth-order valence-electron chi connectivity index (χ4n) is 4.05. The number of piperidine rings is 1. The van der Waals surface area contributed by atoms with Gasteiger partial charge in [-0.1, -0.05) is 6.07 Å². The Hall–Kier alpha value is -2.31. The van der Waals surface area contributed by atoms with Gasteiger partial charge in [0.2, 0.25) is 0 Å². The number of ether oxygens (including phenoxy) is 1. The topological polar surface area (TPSA) is 67.3 Å². The van der Waals surface area contributed by atoms with Crippen molar-refractivity contribution in [3.05, 3.63) is 59.7 Å². The quantitative estimate of drug-likeness (QED) is 0.864. The van der Waals surface area contributed by atoms with E-state index in [9.17, 15) is 4.79 Å². The number of amides is 1. The van der Waals surface area contributed by atoms with Crippen molar-refractivity contribution in [2.24, 2.45) is 0 Å². The second kappa shape index (κ2) is 9.26. The Balaban J connectivity index is 1.34. The van der Waals surface area contributed by atoms with Gasteiger partial charge in [0.15, 0.2) is 0 Å². The summed E-state index contributed by atoms with van der Waals surface area (Å²) in [7, 11) is 0. The molecule has 2 aromatic rings. The molecule has 0 unspecified atom stereocenters. The van der Waals surface area contributed by atoms with E-state index in [0.717, 1.165) is 69.9 Å². The van der Waals surface area contributed by atoms with Crippen LogP contribution in [0, 0.1) is 0 Å². The summed E-state index contributed by atoms with van der Waals surface area (Å²) < 4.78 is 5.34. The van der Waals surface area contributed by atoms with Gasteiger partial charge in [-0.05, 0) is 56.5 Å². The average Bonchev–Trinajstić information content (AvgIpc) is 2.75. The minimum Gasteiger partial charge on any atom is -0.381 e. The Morgan fingerprint density at radius 1 is 1.14 bits per heavy atom. The van der Waals surface area contributed by atoms with E-state index in [1.54, 1.807) is 6.20 Å². The second-order valence-electron chi connectivity index (χ2n) is 7.73. The van der Waals surface area contributed by atoms with Gasteiger partial charge < -0.3 is 10.1 Å². The van der Waals surface area contributed by atoms with Gasteiger partial charge in [-0.15, -0.1) is 0 Å². The van der Waals surface area contributed by atoms with Crippen LogP contribution in [0.4, 0.5) is 0 Å². The first-order valence-electron chi connectivity index (χ1n) is 10.2. The van der Waals surface area contributed by atoms with Gasteiger partial charge in [0, 0.05) is 56.4 Å². The molecule has 2 aromatic heterocycles. The molecular weight excluding hydrogens is 352 g/mol. The molecule has 2 fully saturated rings. The molecule has 2 aliphatic rings. The van der Waals surface area contributed by atoms with Gasteiger partial charge in [0.1, 0.15) is 0 Å². The Morgan fingerprint density at radius 2 is 2.04 bits per heavy atom. The molecule has 0 aliphatic carbocycles. The summed E-state index contributed by atoms with van der Waals surface area (Å²) >= 11 is 0. The molecule has 0 spiro atoms. The normalized spacial score (nSPS) is 21.4. The summed E-state index contributed by atoms with van der Waals surface area (Å²) in [6, 6.07) is 10.2. The SMILES string of the molecule is O=C(NC1CCOCC1)c1ccc([C@@H]2CCCN(Cc3ccccn3)C2)nc1. The smallest absolute Gasteiger partial charge is 0.253 e. The second-order valence-corrected chi connectivity index (χ2v) is 7.73. The first kappa shape index (κ1) is 19.0. The molecule has 0 bridgehead atoms. The van der Waals surface area contributed by atoms with Gasteiger partial charge in [0.25, 0.3) is 5.91 Å². The summed E-state index contributed by atoms with van der Waals surface area (Å²) in [6.45, 7) is 4.40. The third kappa shape index (κ3) is 4.94. The lowest BCUT2D eigenvalue weighted by molar-refractivity contribution is 0.0696. The van der Waals surface area contributed by atoms with Crippen LogP contribution < -0.4 is 5.32 Å². The fraction of sp³-hybridized carbons (Fsp3) is 0.500. The van der Waals surface area contributed by atoms with Crippen molar-refractivity contribution >= 4 is 5.91 Å². The lowest BCUT2D eigenvalue weighted by Crippen LogP contribution is -2.39. The van der Waals surface area contributed by atoms with E-state index in [0.29, 0.717) is 11.5 Å². The van der Waals surface area contributed by atoms with Crippen molar-refractivity contribution in [2.45, 2.75) is 44.2 Å². The molecule has 1 amide bonds. The fourth-order valence-corrected chi connectivity index (χ4v) is 4.05. The predicted octanol–water partition coefficient (Wildman–Crippen LogP) is 2.77. The molecule has 4 rings (SSSR count). The van der Waals surface area contributed by atoms with Crippen molar-refractivity contribution in [1.29, 1.82) is 0 Å². The van der Waals surface area contributed by atoms with E-state index in [4.69, 9.17) is 4.74 Å². The van der Waals surface area contributed by atoms with E-state index in [2.05, 4.69) is 26.3 Å². The molecule has 148 valence electrons. The third-order valence-corrected chi connectivity index (χ3v) is 5.64. The standard InChI is InChI=1S/C22H28N4O2/c27-22(25-19-8-12-28-13-9-19)17-6-7-21(24-14-17)18-4-3-11-26(15-18)16-20-5-1-2-10-23-20/h1-2,5-7,10,14,18-19H,3-4,8-9,11-13,15-16H2,(H,25,27)/t18-/m1/s1. The summed E-state index contributed by atoms with van der Waals surface area (Å²) in [5, 5.41) is 3.09. The highest BCUT2D eigenvalue weighted by Gasteiger charge is 2.23. The molecule has 1 N–H and O–H groups in total. The van der Waals surface area contributed by atoms with Crippen molar-refractivity contribution in [2.75, 3.05) is 26.3 Å². The number of carbonyl (C=O) groups is 1. The Labute approximate surface area is 166 Å². The highest BCUT2D eigenvalue weighted by Crippen LogP contribution is 2.26. The minimum atomic E-state index is -0.0358. The molecule has 0 aromatic carbocycles. The van der Waals surface area contributed by atoms with Gasteiger partial charge >= 0.3 is 0 Å². The number of likely N-dealkylation sites (tertiary alicyclic amines) is 1. The van der Waals surface area contributed by atoms with E-state index in [-0.39, 0.29) is 11.9 Å². The number of nitrogens with zero attached hydrogens (tertiary/aromatic N) is 3. The summed E-state index contributed by atoms with van der Waals surface area (Å²) in [4.78, 5) is 24.0. The van der Waals surface area contributed by atoms with Crippen LogP contribution in [0.15, 0.2) is 42.7 Å². The van der Waals surface area contributed by atoms with Crippen LogP contribution in [0.3, 0.4) is 0 Å². The van der Waals surface area contributed by atoms with Crippen LogP contribution in [-0.4, -0.2) is 53.1 Å². The number of pyridine rings is 2. The lowest BCUT2D eigenvalue weighted by atomic mass is 9.94. The zero-order chi connectivity index (χ0) is 19.2. The maximum Gasteiger partial charge on any atom is 0.253 e. The molecule has 28 heavy (non-hydrogen) atoms. The molecule has 6 heteroatoms. The van der Waals surface area contributed by atoms with Gasteiger partial charge in [-0.3, -0.25) is 19.7 Å². The summed E-state index contributed by atoms with van der Waals surface area (Å²) in [5.41, 5.74) is 2.82. The van der Waals surface area contributed by atoms with Crippen molar-refractivity contribution in [3.63, 3.8) is 0 Å². The zero-order valence-corrected chi connectivity index (χ0v) is 16.2. The molecule has 1 atom stereocenters. The Morgan fingerprint density at radius 3 is 2.79 bits per heavy atom. The Bertz CT molecular complexity index is 760. The maximum absolute atomic E-state index is 12.4. The number of rotatable bonds is 5. The largest absolute Gasteiger partial charge is 0.381 e. The molecule has 0 saturated carbocycles. The van der Waals surface area contributed by atoms with Crippen LogP contribution in [0.25, 0.3) is 0 Å². The Kier molecular flexibility index (Phi) is 6.29. The van der Waals surface area contributed by atoms with Crippen LogP contribution in [0.5, 0.6) is 0 Å². The van der Waals surface area contributed by atoms with Gasteiger partial charge in [-0.2, -0.15) is 0 Å². The average molecular weight is 380 g/mol. The number of nitrogens with one attached hydrogen (secondary N) is 1. The highest BCUT2D eigenvalue weighted by atomic mass is 16.5. The highest BCUT2D eigenvalue weighted by molar-refractivity contribution is 5.94. The van der Waals surface area contributed by atoms with Crippen LogP contribution in [-0.2, 0) is 11.3 Å². The van der Waals surface area contributed by atoms with E-state index >= 15 is 0 Å². The number of hydrogen-bond acceptors (Lipinski definition) is 5. The van der Waals surface area contributed by atoms with Crippen molar-refractivity contribution in [3.8, 4) is 0 Å².